The van der Waals surface area contributed by atoms with E-state index in [9.17, 15) is 0 Å². The molecule has 0 saturated carbocycles. The molecule has 0 amide bonds. The summed E-state index contributed by atoms with van der Waals surface area (Å²) in [7, 11) is 0. The Hall–Kier alpha value is -0.380. The van der Waals surface area contributed by atoms with Gasteiger partial charge in [0.2, 0.25) is 0 Å². The number of rotatable bonds is 4. The van der Waals surface area contributed by atoms with Crippen LogP contribution in [-0.2, 0) is 11.3 Å². The summed E-state index contributed by atoms with van der Waals surface area (Å²) in [6.45, 7) is 7.31. The smallest absolute Gasteiger partial charge is 0.0509 e. The third-order valence-corrected chi connectivity index (χ3v) is 4.25. The lowest BCUT2D eigenvalue weighted by molar-refractivity contribution is 0.178. The maximum atomic E-state index is 5.40. The van der Waals surface area contributed by atoms with Gasteiger partial charge in [-0.15, -0.1) is 11.3 Å². The predicted octanol–water partition coefficient (Wildman–Crippen LogP) is 2.57. The minimum absolute atomic E-state index is 0.564. The summed E-state index contributed by atoms with van der Waals surface area (Å²) in [5, 5.41) is 5.76. The molecule has 84 valence electrons. The van der Waals surface area contributed by atoms with Crippen LogP contribution in [0.3, 0.4) is 0 Å². The zero-order valence-electron chi connectivity index (χ0n) is 9.45. The minimum Gasteiger partial charge on any atom is -0.381 e. The normalized spacial score (nSPS) is 23.2. The molecule has 1 N–H and O–H groups in total. The predicted molar refractivity (Wildman–Crippen MR) is 64.3 cm³/mol. The van der Waals surface area contributed by atoms with Crippen LogP contribution in [0.2, 0.25) is 0 Å². The van der Waals surface area contributed by atoms with Crippen LogP contribution < -0.4 is 5.32 Å². The van der Waals surface area contributed by atoms with E-state index in [1.807, 2.05) is 11.3 Å². The number of hydrogen-bond acceptors (Lipinski definition) is 3. The molecule has 1 saturated heterocycles. The van der Waals surface area contributed by atoms with Crippen LogP contribution in [-0.4, -0.2) is 19.3 Å². The van der Waals surface area contributed by atoms with E-state index in [0.29, 0.717) is 12.0 Å². The molecule has 1 aliphatic rings. The van der Waals surface area contributed by atoms with Gasteiger partial charge in [0.1, 0.15) is 0 Å². The van der Waals surface area contributed by atoms with Gasteiger partial charge in [0, 0.05) is 24.1 Å². The fraction of sp³-hybridized carbons (Fsp3) is 0.667. The van der Waals surface area contributed by atoms with Crippen molar-refractivity contribution in [2.24, 2.45) is 5.92 Å². The Morgan fingerprint density at radius 3 is 3.13 bits per heavy atom. The molecule has 1 fully saturated rings. The van der Waals surface area contributed by atoms with E-state index in [4.69, 9.17) is 4.74 Å². The maximum Gasteiger partial charge on any atom is 0.0509 e. The lowest BCUT2D eigenvalue weighted by Gasteiger charge is -2.19. The fourth-order valence-electron chi connectivity index (χ4n) is 1.95. The zero-order chi connectivity index (χ0) is 10.7. The van der Waals surface area contributed by atoms with E-state index in [1.165, 1.54) is 16.9 Å². The monoisotopic (exact) mass is 225 g/mol. The maximum absolute atomic E-state index is 5.40. The molecule has 3 heteroatoms. The van der Waals surface area contributed by atoms with Gasteiger partial charge in [-0.3, -0.25) is 0 Å². The average Bonchev–Trinajstić information content (AvgIpc) is 2.85. The highest BCUT2D eigenvalue weighted by Crippen LogP contribution is 2.19. The van der Waals surface area contributed by atoms with Crippen molar-refractivity contribution in [1.29, 1.82) is 0 Å². The second kappa shape index (κ2) is 5.10. The second-order valence-electron chi connectivity index (χ2n) is 4.32. The summed E-state index contributed by atoms with van der Waals surface area (Å²) in [5.41, 5.74) is 1.40. The molecule has 0 aromatic carbocycles. The Morgan fingerprint density at radius 1 is 1.67 bits per heavy atom. The third kappa shape index (κ3) is 2.80. The van der Waals surface area contributed by atoms with Crippen molar-refractivity contribution >= 4 is 11.3 Å². The number of nitrogens with one attached hydrogen (secondary N) is 1. The Morgan fingerprint density at radius 2 is 2.53 bits per heavy atom. The molecule has 2 unspecified atom stereocenters. The first-order valence-electron chi connectivity index (χ1n) is 5.61. The van der Waals surface area contributed by atoms with Crippen molar-refractivity contribution in [2.75, 3.05) is 13.2 Å². The quantitative estimate of drug-likeness (QED) is 0.850. The first kappa shape index (κ1) is 11.1. The molecule has 0 spiro atoms. The van der Waals surface area contributed by atoms with Crippen LogP contribution in [0.15, 0.2) is 11.4 Å². The van der Waals surface area contributed by atoms with E-state index in [-0.39, 0.29) is 0 Å². The van der Waals surface area contributed by atoms with E-state index in [2.05, 4.69) is 30.6 Å². The van der Waals surface area contributed by atoms with Crippen LogP contribution >= 0.6 is 11.3 Å². The largest absolute Gasteiger partial charge is 0.381 e. The molecule has 0 aliphatic carbocycles. The molecule has 1 aromatic heterocycles. The lowest BCUT2D eigenvalue weighted by atomic mass is 10.0. The molecule has 2 atom stereocenters. The van der Waals surface area contributed by atoms with Crippen LogP contribution in [0.1, 0.15) is 23.8 Å². The van der Waals surface area contributed by atoms with Crippen molar-refractivity contribution in [2.45, 2.75) is 32.9 Å². The third-order valence-electron chi connectivity index (χ3n) is 3.22. The molecule has 2 heterocycles. The van der Waals surface area contributed by atoms with Crippen LogP contribution in [0.4, 0.5) is 0 Å². The number of hydrogen-bond donors (Lipinski definition) is 1. The zero-order valence-corrected chi connectivity index (χ0v) is 10.3. The van der Waals surface area contributed by atoms with Gasteiger partial charge in [0.15, 0.2) is 0 Å². The fourth-order valence-corrected chi connectivity index (χ4v) is 2.81. The van der Waals surface area contributed by atoms with Gasteiger partial charge < -0.3 is 10.1 Å². The summed E-state index contributed by atoms with van der Waals surface area (Å²) in [6, 6.07) is 2.75. The average molecular weight is 225 g/mol. The second-order valence-corrected chi connectivity index (χ2v) is 5.32. The molecule has 0 radical (unpaired) electrons. The van der Waals surface area contributed by atoms with Crippen molar-refractivity contribution < 1.29 is 4.74 Å². The molecule has 1 aliphatic heterocycles. The van der Waals surface area contributed by atoms with E-state index in [1.54, 1.807) is 0 Å². The van der Waals surface area contributed by atoms with E-state index < -0.39 is 0 Å². The summed E-state index contributed by atoms with van der Waals surface area (Å²) in [5.74, 6) is 0.699. The van der Waals surface area contributed by atoms with Crippen molar-refractivity contribution in [3.8, 4) is 0 Å². The minimum atomic E-state index is 0.564. The summed E-state index contributed by atoms with van der Waals surface area (Å²) < 4.78 is 5.40. The summed E-state index contributed by atoms with van der Waals surface area (Å²) >= 11 is 1.84. The highest BCUT2D eigenvalue weighted by Gasteiger charge is 2.21. The lowest BCUT2D eigenvalue weighted by Crippen LogP contribution is -2.33. The Bertz CT molecular complexity index is 304. The first-order chi connectivity index (χ1) is 7.27. The molecule has 0 bridgehead atoms. The molecular formula is C12H19NOS. The molecular weight excluding hydrogens is 206 g/mol. The standard InChI is InChI=1S/C12H19NOS/c1-9-4-6-15-12(9)7-13-10(2)11-3-5-14-8-11/h4,6,10-11,13H,3,5,7-8H2,1-2H3. The van der Waals surface area contributed by atoms with Gasteiger partial charge in [-0.1, -0.05) is 0 Å². The highest BCUT2D eigenvalue weighted by molar-refractivity contribution is 7.10. The van der Waals surface area contributed by atoms with Gasteiger partial charge in [0.25, 0.3) is 0 Å². The van der Waals surface area contributed by atoms with Gasteiger partial charge in [-0.2, -0.15) is 0 Å². The topological polar surface area (TPSA) is 21.3 Å². The van der Waals surface area contributed by atoms with E-state index in [0.717, 1.165) is 19.8 Å². The van der Waals surface area contributed by atoms with Crippen molar-refractivity contribution in [3.63, 3.8) is 0 Å². The van der Waals surface area contributed by atoms with Crippen molar-refractivity contribution in [1.82, 2.24) is 5.32 Å². The Balaban J connectivity index is 1.80. The van der Waals surface area contributed by atoms with Gasteiger partial charge >= 0.3 is 0 Å². The molecule has 15 heavy (non-hydrogen) atoms. The van der Waals surface area contributed by atoms with Crippen LogP contribution in [0.25, 0.3) is 0 Å². The molecule has 2 nitrogen and oxygen atoms in total. The number of ether oxygens (including phenoxy) is 1. The highest BCUT2D eigenvalue weighted by atomic mass is 32.1. The Labute approximate surface area is 95.6 Å². The number of aryl methyl sites for hydroxylation is 1. The van der Waals surface area contributed by atoms with Crippen molar-refractivity contribution in [3.05, 3.63) is 21.9 Å². The molecule has 2 rings (SSSR count). The summed E-state index contributed by atoms with van der Waals surface area (Å²) in [4.78, 5) is 1.46. The summed E-state index contributed by atoms with van der Waals surface area (Å²) in [6.07, 6.45) is 1.21. The van der Waals surface area contributed by atoms with Crippen LogP contribution in [0.5, 0.6) is 0 Å². The van der Waals surface area contributed by atoms with Gasteiger partial charge in [0.05, 0.1) is 6.61 Å². The Kier molecular flexibility index (Phi) is 3.78. The first-order valence-corrected chi connectivity index (χ1v) is 6.49. The van der Waals surface area contributed by atoms with Gasteiger partial charge in [-0.25, -0.2) is 0 Å². The van der Waals surface area contributed by atoms with Crippen LogP contribution in [0, 0.1) is 12.8 Å². The van der Waals surface area contributed by atoms with Gasteiger partial charge in [-0.05, 0) is 43.2 Å². The SMILES string of the molecule is Cc1ccsc1CNC(C)C1CCOC1. The molecule has 1 aromatic rings. The van der Waals surface area contributed by atoms with E-state index >= 15 is 0 Å². The number of thiophene rings is 1.